The molecule has 0 unspecified atom stereocenters. The molecule has 0 radical (unpaired) electrons. The number of aryl methyl sites for hydroxylation is 2. The van der Waals surface area contributed by atoms with E-state index in [1.807, 2.05) is 0 Å². The molecule has 0 fully saturated rings. The first-order chi connectivity index (χ1) is 33.2. The van der Waals surface area contributed by atoms with E-state index in [9.17, 15) is 0 Å². The van der Waals surface area contributed by atoms with Crippen molar-refractivity contribution in [2.24, 2.45) is 0 Å². The van der Waals surface area contributed by atoms with Crippen molar-refractivity contribution in [1.82, 2.24) is 4.57 Å². The number of furan rings is 1. The Bertz CT molecular complexity index is 4060. The second kappa shape index (κ2) is 13.9. The maximum atomic E-state index is 7.00. The summed E-state index contributed by atoms with van der Waals surface area (Å²) in [4.78, 5) is 0. The summed E-state index contributed by atoms with van der Waals surface area (Å²) in [5.74, 6) is 0. The standard InChI is InChI=1S/C65H55BN2O/c1-36-17-22-40(23-18-36)67-54-35-58-46(47-33-51-52(34-57(47)69-58)64(5,6)28-27-63(51,3)4)32-45(54)48-31-43(39-20-24-50-44(30-39)42-15-11-12-16-49(42)65(50,7)8)60-59-41-14-10-9-13-38(41)21-26-56(59)68-55-25-19-37(2)29-53(55)66-61(48)62(60)68/h9-26,29-35,66-67H,27-28H2,1-8H3. The van der Waals surface area contributed by atoms with Gasteiger partial charge in [0.25, 0.3) is 0 Å². The van der Waals surface area contributed by atoms with E-state index in [4.69, 9.17) is 4.42 Å². The summed E-state index contributed by atoms with van der Waals surface area (Å²) in [5, 5.41) is 11.5. The molecule has 9 aromatic carbocycles. The Morgan fingerprint density at radius 3 is 2.06 bits per heavy atom. The van der Waals surface area contributed by atoms with Gasteiger partial charge in [-0.15, -0.1) is 0 Å². The van der Waals surface area contributed by atoms with Gasteiger partial charge in [-0.05, 0) is 158 Å². The SMILES string of the molecule is Cc1ccc(Nc2cc3oc4cc5c(cc4c3cc2-c2cc(-c3ccc4c(c3)-c3ccccc3C4(C)C)c3c4c6ccccc6ccc4n4c3c2Bc2cc(C)ccc2-4)C(C)(C)CCC5(C)C)cc1. The third kappa shape index (κ3) is 5.75. The van der Waals surface area contributed by atoms with Crippen LogP contribution in [0.2, 0.25) is 0 Å². The van der Waals surface area contributed by atoms with Gasteiger partial charge in [0.1, 0.15) is 11.2 Å². The molecule has 2 aromatic heterocycles. The minimum Gasteiger partial charge on any atom is -0.456 e. The van der Waals surface area contributed by atoms with E-state index in [1.165, 1.54) is 121 Å². The van der Waals surface area contributed by atoms with Gasteiger partial charge >= 0.3 is 0 Å². The maximum Gasteiger partial charge on any atom is 0.198 e. The first-order valence-electron chi connectivity index (χ1n) is 25.0. The lowest BCUT2D eigenvalue weighted by molar-refractivity contribution is 0.332. The highest BCUT2D eigenvalue weighted by atomic mass is 16.3. The molecule has 0 amide bonds. The van der Waals surface area contributed by atoms with Crippen LogP contribution in [-0.2, 0) is 16.2 Å². The summed E-state index contributed by atoms with van der Waals surface area (Å²) in [6, 6.07) is 58.1. The van der Waals surface area contributed by atoms with Gasteiger partial charge in [0, 0.05) is 55.5 Å². The highest BCUT2D eigenvalue weighted by Gasteiger charge is 2.39. The Kier molecular flexibility index (Phi) is 8.22. The predicted molar refractivity (Wildman–Crippen MR) is 295 cm³/mol. The first kappa shape index (κ1) is 40.7. The fraction of sp³-hybridized carbons (Fsp3) is 0.200. The normalized spacial score (nSPS) is 15.9. The summed E-state index contributed by atoms with van der Waals surface area (Å²) < 4.78 is 9.61. The average molecular weight is 891 g/mol. The molecule has 0 saturated carbocycles. The lowest BCUT2D eigenvalue weighted by atomic mass is 9.58. The number of aromatic nitrogens is 1. The molecule has 0 spiro atoms. The molecule has 1 aliphatic heterocycles. The fourth-order valence-electron chi connectivity index (χ4n) is 13.1. The van der Waals surface area contributed by atoms with Crippen molar-refractivity contribution >= 4 is 84.1 Å². The van der Waals surface area contributed by atoms with E-state index in [2.05, 4.69) is 217 Å². The van der Waals surface area contributed by atoms with Crippen molar-refractivity contribution in [3.63, 3.8) is 0 Å². The molecule has 334 valence electrons. The zero-order valence-corrected chi connectivity index (χ0v) is 40.9. The Balaban J connectivity index is 1.14. The largest absolute Gasteiger partial charge is 0.456 e. The van der Waals surface area contributed by atoms with Crippen molar-refractivity contribution in [1.29, 1.82) is 0 Å². The molecule has 0 atom stereocenters. The summed E-state index contributed by atoms with van der Waals surface area (Å²) in [7, 11) is 0.814. The predicted octanol–water partition coefficient (Wildman–Crippen LogP) is 15.9. The first-order valence-corrected chi connectivity index (χ1v) is 25.0. The van der Waals surface area contributed by atoms with Crippen LogP contribution < -0.4 is 16.2 Å². The number of benzene rings is 9. The number of nitrogens with one attached hydrogen (secondary N) is 1. The third-order valence-electron chi connectivity index (χ3n) is 17.0. The highest BCUT2D eigenvalue weighted by Crippen LogP contribution is 2.53. The van der Waals surface area contributed by atoms with Crippen molar-refractivity contribution in [3.8, 4) is 39.1 Å². The monoisotopic (exact) mass is 890 g/mol. The van der Waals surface area contributed by atoms with Crippen LogP contribution in [0.4, 0.5) is 11.4 Å². The molecule has 3 nitrogen and oxygen atoms in total. The van der Waals surface area contributed by atoms with Gasteiger partial charge < -0.3 is 14.3 Å². The van der Waals surface area contributed by atoms with Crippen molar-refractivity contribution < 1.29 is 4.42 Å². The zero-order chi connectivity index (χ0) is 46.9. The molecule has 14 rings (SSSR count). The number of nitrogens with zero attached hydrogens (tertiary/aromatic N) is 1. The molecule has 4 heteroatoms. The van der Waals surface area contributed by atoms with Crippen LogP contribution in [0.3, 0.4) is 0 Å². The van der Waals surface area contributed by atoms with Crippen molar-refractivity contribution in [2.75, 3.05) is 5.32 Å². The molecule has 0 bridgehead atoms. The lowest BCUT2D eigenvalue weighted by Crippen LogP contribution is -2.37. The van der Waals surface area contributed by atoms with E-state index in [0.717, 1.165) is 48.0 Å². The van der Waals surface area contributed by atoms with Crippen molar-refractivity contribution in [2.45, 2.75) is 84.5 Å². The Morgan fingerprint density at radius 1 is 0.522 bits per heavy atom. The van der Waals surface area contributed by atoms with Gasteiger partial charge in [0.2, 0.25) is 0 Å². The molecule has 1 N–H and O–H groups in total. The van der Waals surface area contributed by atoms with Crippen LogP contribution in [-0.4, -0.2) is 11.8 Å². The number of fused-ring (bicyclic) bond motifs is 14. The van der Waals surface area contributed by atoms with Crippen LogP contribution in [0, 0.1) is 13.8 Å². The summed E-state index contributed by atoms with van der Waals surface area (Å²) in [5.41, 5.74) is 26.2. The van der Waals surface area contributed by atoms with Gasteiger partial charge in [0.15, 0.2) is 7.28 Å². The van der Waals surface area contributed by atoms with Gasteiger partial charge in [0.05, 0.1) is 11.2 Å². The smallest absolute Gasteiger partial charge is 0.198 e. The van der Waals surface area contributed by atoms with E-state index >= 15 is 0 Å². The second-order valence-corrected chi connectivity index (χ2v) is 22.6. The molecule has 0 saturated heterocycles. The zero-order valence-electron chi connectivity index (χ0n) is 40.9. The van der Waals surface area contributed by atoms with Crippen LogP contribution in [0.5, 0.6) is 0 Å². The molecule has 69 heavy (non-hydrogen) atoms. The quantitative estimate of drug-likeness (QED) is 0.178. The van der Waals surface area contributed by atoms with Gasteiger partial charge in [-0.3, -0.25) is 0 Å². The van der Waals surface area contributed by atoms with Crippen LogP contribution >= 0.6 is 0 Å². The summed E-state index contributed by atoms with van der Waals surface area (Å²) >= 11 is 0. The Labute approximate surface area is 405 Å². The van der Waals surface area contributed by atoms with Gasteiger partial charge in [-0.25, -0.2) is 0 Å². The molecule has 11 aromatic rings. The maximum absolute atomic E-state index is 7.00. The molecule has 3 aliphatic rings. The number of rotatable bonds is 4. The number of anilines is 2. The topological polar surface area (TPSA) is 30.1 Å². The van der Waals surface area contributed by atoms with E-state index in [1.54, 1.807) is 0 Å². The van der Waals surface area contributed by atoms with E-state index in [-0.39, 0.29) is 16.2 Å². The Morgan fingerprint density at radius 2 is 1.23 bits per heavy atom. The van der Waals surface area contributed by atoms with Crippen LogP contribution in [0.25, 0.3) is 93.6 Å². The highest BCUT2D eigenvalue weighted by molar-refractivity contribution is 6.73. The third-order valence-corrected chi connectivity index (χ3v) is 17.0. The summed E-state index contributed by atoms with van der Waals surface area (Å²) in [6.07, 6.45) is 2.32. The summed E-state index contributed by atoms with van der Waals surface area (Å²) in [6.45, 7) is 18.8. The number of hydrogen-bond acceptors (Lipinski definition) is 2. The van der Waals surface area contributed by atoms with Crippen molar-refractivity contribution in [3.05, 3.63) is 185 Å². The minimum absolute atomic E-state index is 0.0667. The Hall–Kier alpha value is -7.30. The van der Waals surface area contributed by atoms with E-state index in [0.29, 0.717) is 0 Å². The molecular weight excluding hydrogens is 836 g/mol. The van der Waals surface area contributed by atoms with Crippen LogP contribution in [0.1, 0.15) is 87.8 Å². The van der Waals surface area contributed by atoms with Gasteiger partial charge in [-0.1, -0.05) is 149 Å². The molecular formula is C65H55BN2O. The van der Waals surface area contributed by atoms with E-state index < -0.39 is 0 Å². The fourth-order valence-corrected chi connectivity index (χ4v) is 13.1. The lowest BCUT2D eigenvalue weighted by Gasteiger charge is -2.41. The van der Waals surface area contributed by atoms with Crippen LogP contribution in [0.15, 0.2) is 156 Å². The average Bonchev–Trinajstić information content (AvgIpc) is 3.96. The number of hydrogen-bond donors (Lipinski definition) is 1. The molecule has 3 heterocycles. The molecule has 2 aliphatic carbocycles. The second-order valence-electron chi connectivity index (χ2n) is 22.6. The minimum atomic E-state index is -0.0900. The van der Waals surface area contributed by atoms with Gasteiger partial charge in [-0.2, -0.15) is 0 Å².